The molecule has 1 aliphatic heterocycles. The fraction of sp³-hybridized carbons (Fsp3) is 0.500. The van der Waals surface area contributed by atoms with Gasteiger partial charge < -0.3 is 15.3 Å². The maximum Gasteiger partial charge on any atom is 0.308 e. The lowest BCUT2D eigenvalue weighted by atomic mass is 10.0. The molecule has 1 amide bonds. The van der Waals surface area contributed by atoms with E-state index in [0.717, 1.165) is 25.1 Å². The van der Waals surface area contributed by atoms with Crippen molar-refractivity contribution in [2.75, 3.05) is 24.5 Å². The fourth-order valence-corrected chi connectivity index (χ4v) is 2.70. The topological polar surface area (TPSA) is 69.6 Å². The first-order valence-electron chi connectivity index (χ1n) is 7.44. The highest BCUT2D eigenvalue weighted by molar-refractivity contribution is 5.82. The molecule has 0 radical (unpaired) electrons. The number of nitrogens with zero attached hydrogens (tertiary/aromatic N) is 1. The minimum absolute atomic E-state index is 0.117. The number of amides is 1. The lowest BCUT2D eigenvalue weighted by Gasteiger charge is -2.19. The van der Waals surface area contributed by atoms with E-state index >= 15 is 0 Å². The van der Waals surface area contributed by atoms with Crippen molar-refractivity contribution in [3.63, 3.8) is 0 Å². The number of carbonyl (C=O) groups is 2. The van der Waals surface area contributed by atoms with E-state index in [9.17, 15) is 9.59 Å². The quantitative estimate of drug-likeness (QED) is 0.801. The van der Waals surface area contributed by atoms with Crippen LogP contribution >= 0.6 is 0 Å². The summed E-state index contributed by atoms with van der Waals surface area (Å²) in [5.41, 5.74) is 2.37. The molecule has 1 atom stereocenters. The number of rotatable bonds is 7. The number of benzene rings is 1. The molecule has 0 saturated heterocycles. The van der Waals surface area contributed by atoms with Crippen LogP contribution in [0.5, 0.6) is 0 Å². The summed E-state index contributed by atoms with van der Waals surface area (Å²) in [5, 5.41) is 11.8. The molecular weight excluding hydrogens is 268 g/mol. The van der Waals surface area contributed by atoms with Gasteiger partial charge in [0.25, 0.3) is 0 Å². The van der Waals surface area contributed by atoms with Crippen molar-refractivity contribution in [2.45, 2.75) is 26.2 Å². The smallest absolute Gasteiger partial charge is 0.308 e. The number of hydrogen-bond donors (Lipinski definition) is 2. The minimum atomic E-state index is -0.844. The third-order valence-electron chi connectivity index (χ3n) is 3.85. The summed E-state index contributed by atoms with van der Waals surface area (Å²) in [6.45, 7) is 3.27. The van der Waals surface area contributed by atoms with Gasteiger partial charge in [0.05, 0.1) is 12.5 Å². The van der Waals surface area contributed by atoms with E-state index in [-0.39, 0.29) is 19.0 Å². The van der Waals surface area contributed by atoms with Gasteiger partial charge in [-0.3, -0.25) is 9.59 Å². The van der Waals surface area contributed by atoms with Crippen LogP contribution in [0.3, 0.4) is 0 Å². The second-order valence-electron chi connectivity index (χ2n) is 5.43. The second kappa shape index (κ2) is 7.11. The monoisotopic (exact) mass is 290 g/mol. The lowest BCUT2D eigenvalue weighted by Crippen LogP contribution is -2.39. The number of hydrogen-bond acceptors (Lipinski definition) is 3. The molecule has 2 N–H and O–H groups in total. The molecule has 5 nitrogen and oxygen atoms in total. The summed E-state index contributed by atoms with van der Waals surface area (Å²) in [4.78, 5) is 25.1. The average Bonchev–Trinajstić information content (AvgIpc) is 2.86. The third kappa shape index (κ3) is 3.97. The van der Waals surface area contributed by atoms with Gasteiger partial charge in [0, 0.05) is 18.8 Å². The predicted octanol–water partition coefficient (Wildman–Crippen LogP) is 1.67. The number of nitrogens with one attached hydrogen (secondary N) is 1. The van der Waals surface area contributed by atoms with Crippen LogP contribution in [-0.4, -0.2) is 36.6 Å². The zero-order valence-electron chi connectivity index (χ0n) is 12.3. The fourth-order valence-electron chi connectivity index (χ4n) is 2.70. The molecule has 1 heterocycles. The Morgan fingerprint density at radius 1 is 1.38 bits per heavy atom. The molecule has 1 aliphatic rings. The van der Waals surface area contributed by atoms with Crippen molar-refractivity contribution in [2.24, 2.45) is 5.92 Å². The van der Waals surface area contributed by atoms with Crippen LogP contribution in [-0.2, 0) is 16.0 Å². The molecular formula is C16H22N2O3. The van der Waals surface area contributed by atoms with Crippen LogP contribution in [0.4, 0.5) is 5.69 Å². The molecule has 2 rings (SSSR count). The number of fused-ring (bicyclic) bond motifs is 1. The highest BCUT2D eigenvalue weighted by Crippen LogP contribution is 2.26. The lowest BCUT2D eigenvalue weighted by molar-refractivity contribution is -0.141. The second-order valence-corrected chi connectivity index (χ2v) is 5.43. The van der Waals surface area contributed by atoms with Gasteiger partial charge in [0.15, 0.2) is 0 Å². The number of carboxylic acids is 1. The molecule has 0 fully saturated rings. The average molecular weight is 290 g/mol. The number of anilines is 1. The molecule has 1 aromatic carbocycles. The normalized spacial score (nSPS) is 14.6. The summed E-state index contributed by atoms with van der Waals surface area (Å²) in [5.74, 6) is -1.46. The Hall–Kier alpha value is -2.04. The molecule has 0 aromatic heterocycles. The summed E-state index contributed by atoms with van der Waals surface area (Å²) in [6, 6.07) is 8.07. The highest BCUT2D eigenvalue weighted by atomic mass is 16.4. The summed E-state index contributed by atoms with van der Waals surface area (Å²) < 4.78 is 0. The number of aliphatic carboxylic acids is 1. The van der Waals surface area contributed by atoms with Gasteiger partial charge in [0.2, 0.25) is 5.91 Å². The first kappa shape index (κ1) is 15.4. The summed E-state index contributed by atoms with van der Waals surface area (Å²) in [6.07, 6.45) is 2.34. The van der Waals surface area contributed by atoms with Crippen molar-refractivity contribution in [3.8, 4) is 0 Å². The maximum absolute atomic E-state index is 12.0. The molecule has 1 unspecified atom stereocenters. The first-order valence-corrected chi connectivity index (χ1v) is 7.44. The number of carbonyl (C=O) groups excluding carboxylic acids is 1. The minimum Gasteiger partial charge on any atom is -0.481 e. The molecule has 21 heavy (non-hydrogen) atoms. The van der Waals surface area contributed by atoms with E-state index in [4.69, 9.17) is 5.11 Å². The summed E-state index contributed by atoms with van der Waals surface area (Å²) in [7, 11) is 0. The largest absolute Gasteiger partial charge is 0.481 e. The Kier molecular flexibility index (Phi) is 5.20. The van der Waals surface area contributed by atoms with Gasteiger partial charge in [-0.2, -0.15) is 0 Å². The molecule has 0 aliphatic carbocycles. The van der Waals surface area contributed by atoms with Crippen molar-refractivity contribution >= 4 is 17.6 Å². The molecule has 0 bridgehead atoms. The van der Waals surface area contributed by atoms with Crippen LogP contribution in [0.2, 0.25) is 0 Å². The van der Waals surface area contributed by atoms with Gasteiger partial charge in [-0.25, -0.2) is 0 Å². The molecule has 0 saturated carbocycles. The van der Waals surface area contributed by atoms with E-state index in [1.807, 2.05) is 30.0 Å². The van der Waals surface area contributed by atoms with E-state index in [1.54, 1.807) is 0 Å². The standard InChI is InChI=1S/C16H22N2O3/c1-2-5-13(16(20)21)10-17-15(19)11-18-9-8-12-6-3-4-7-14(12)18/h3-4,6-7,13H,2,5,8-11H2,1H3,(H,17,19)(H,20,21). The van der Waals surface area contributed by atoms with Gasteiger partial charge in [-0.05, 0) is 24.5 Å². The Bertz CT molecular complexity index is 516. The van der Waals surface area contributed by atoms with Crippen LogP contribution in [0.25, 0.3) is 0 Å². The molecule has 5 heteroatoms. The van der Waals surface area contributed by atoms with Crippen LogP contribution in [0.1, 0.15) is 25.3 Å². The van der Waals surface area contributed by atoms with Crippen LogP contribution in [0, 0.1) is 5.92 Å². The molecule has 0 spiro atoms. The first-order chi connectivity index (χ1) is 10.1. The highest BCUT2D eigenvalue weighted by Gasteiger charge is 2.22. The van der Waals surface area contributed by atoms with Gasteiger partial charge >= 0.3 is 5.97 Å². The van der Waals surface area contributed by atoms with Crippen molar-refractivity contribution in [3.05, 3.63) is 29.8 Å². The van der Waals surface area contributed by atoms with Crippen LogP contribution in [0.15, 0.2) is 24.3 Å². The molecule has 1 aromatic rings. The van der Waals surface area contributed by atoms with E-state index < -0.39 is 11.9 Å². The SMILES string of the molecule is CCCC(CNC(=O)CN1CCc2ccccc21)C(=O)O. The number of carboxylic acid groups (broad SMARTS) is 1. The summed E-state index contributed by atoms with van der Waals surface area (Å²) >= 11 is 0. The van der Waals surface area contributed by atoms with Crippen molar-refractivity contribution < 1.29 is 14.7 Å². The zero-order valence-corrected chi connectivity index (χ0v) is 12.3. The Morgan fingerprint density at radius 3 is 2.86 bits per heavy atom. The molecule has 114 valence electrons. The van der Waals surface area contributed by atoms with Gasteiger partial charge in [-0.15, -0.1) is 0 Å². The van der Waals surface area contributed by atoms with E-state index in [1.165, 1.54) is 5.56 Å². The predicted molar refractivity (Wildman–Crippen MR) is 81.4 cm³/mol. The van der Waals surface area contributed by atoms with E-state index in [0.29, 0.717) is 6.42 Å². The van der Waals surface area contributed by atoms with Crippen molar-refractivity contribution in [1.29, 1.82) is 0 Å². The third-order valence-corrected chi connectivity index (χ3v) is 3.85. The van der Waals surface area contributed by atoms with Gasteiger partial charge in [0.1, 0.15) is 0 Å². The Balaban J connectivity index is 1.84. The Morgan fingerprint density at radius 2 is 2.14 bits per heavy atom. The maximum atomic E-state index is 12.0. The van der Waals surface area contributed by atoms with Crippen LogP contribution < -0.4 is 10.2 Å². The Labute approximate surface area is 125 Å². The van der Waals surface area contributed by atoms with Gasteiger partial charge in [-0.1, -0.05) is 31.5 Å². The van der Waals surface area contributed by atoms with E-state index in [2.05, 4.69) is 11.4 Å². The van der Waals surface area contributed by atoms with Crippen molar-refractivity contribution in [1.82, 2.24) is 5.32 Å². The number of para-hydroxylation sites is 1. The zero-order chi connectivity index (χ0) is 15.2.